The van der Waals surface area contributed by atoms with Crippen LogP contribution >= 0.6 is 11.6 Å². The van der Waals surface area contributed by atoms with Crippen LogP contribution in [0.1, 0.15) is 25.5 Å². The highest BCUT2D eigenvalue weighted by Gasteiger charge is 2.43. The minimum atomic E-state index is -3.58. The molecule has 0 saturated heterocycles. The van der Waals surface area contributed by atoms with Gasteiger partial charge in [-0.3, -0.25) is 0 Å². The Morgan fingerprint density at radius 3 is 2.59 bits per heavy atom. The number of nitrogen functional groups attached to an aromatic ring is 1. The molecule has 0 aliphatic carbocycles. The van der Waals surface area contributed by atoms with Gasteiger partial charge < -0.3 is 10.8 Å². The first-order valence-corrected chi connectivity index (χ1v) is 7.20. The summed E-state index contributed by atoms with van der Waals surface area (Å²) >= 11 is 5.99. The van der Waals surface area contributed by atoms with Crippen molar-refractivity contribution in [3.63, 3.8) is 0 Å². The third-order valence-electron chi connectivity index (χ3n) is 2.70. The van der Waals surface area contributed by atoms with Crippen LogP contribution in [0, 0.1) is 0 Å². The summed E-state index contributed by atoms with van der Waals surface area (Å²) < 4.78 is 21.8. The van der Waals surface area contributed by atoms with Crippen molar-refractivity contribution < 1.29 is 13.5 Å². The third kappa shape index (κ3) is 2.73. The van der Waals surface area contributed by atoms with Crippen LogP contribution in [0.4, 0.5) is 5.69 Å². The minimum absolute atomic E-state index is 0.133. The van der Waals surface area contributed by atoms with Crippen molar-refractivity contribution in [1.82, 2.24) is 0 Å². The highest BCUT2D eigenvalue weighted by Crippen LogP contribution is 2.37. The second kappa shape index (κ2) is 4.84. The van der Waals surface area contributed by atoms with E-state index in [0.29, 0.717) is 11.3 Å². The molecule has 96 valence electrons. The predicted molar refractivity (Wildman–Crippen MR) is 69.5 cm³/mol. The average molecular weight is 278 g/mol. The van der Waals surface area contributed by atoms with E-state index in [-0.39, 0.29) is 5.75 Å². The van der Waals surface area contributed by atoms with E-state index in [0.717, 1.165) is 0 Å². The van der Waals surface area contributed by atoms with Gasteiger partial charge in [0.15, 0.2) is 14.0 Å². The zero-order chi connectivity index (χ0) is 13.3. The molecule has 3 N–H and O–H groups in total. The predicted octanol–water partition coefficient (Wildman–Crippen LogP) is 1.69. The Bertz CT molecular complexity index is 499. The molecule has 0 spiro atoms. The first-order chi connectivity index (χ1) is 7.72. The second-order valence-electron chi connectivity index (χ2n) is 3.96. The maximum absolute atomic E-state index is 11.8. The van der Waals surface area contributed by atoms with Gasteiger partial charge in [0.2, 0.25) is 0 Å². The molecule has 2 unspecified atom stereocenters. The van der Waals surface area contributed by atoms with Crippen LogP contribution in [0.3, 0.4) is 0 Å². The molecule has 0 fully saturated rings. The number of rotatable bonds is 4. The summed E-state index contributed by atoms with van der Waals surface area (Å²) in [6, 6.07) is 6.39. The summed E-state index contributed by atoms with van der Waals surface area (Å²) in [6.07, 6.45) is -1.32. The van der Waals surface area contributed by atoms with Crippen molar-refractivity contribution in [3.8, 4) is 0 Å². The molecule has 0 radical (unpaired) electrons. The van der Waals surface area contributed by atoms with E-state index in [1.165, 1.54) is 19.9 Å². The van der Waals surface area contributed by atoms with Gasteiger partial charge in [-0.1, -0.05) is 30.7 Å². The number of benzene rings is 1. The molecule has 0 aliphatic heterocycles. The molecule has 1 rings (SSSR count). The van der Waals surface area contributed by atoms with Crippen molar-refractivity contribution >= 4 is 27.1 Å². The van der Waals surface area contributed by atoms with Gasteiger partial charge in [-0.2, -0.15) is 0 Å². The molecule has 17 heavy (non-hydrogen) atoms. The molecular formula is C11H16ClNO3S. The van der Waals surface area contributed by atoms with Gasteiger partial charge >= 0.3 is 0 Å². The Morgan fingerprint density at radius 2 is 2.12 bits per heavy atom. The Morgan fingerprint density at radius 1 is 1.53 bits per heavy atom. The lowest BCUT2D eigenvalue weighted by Gasteiger charge is -2.27. The number of nitrogens with two attached hydrogens (primary N) is 1. The largest absolute Gasteiger partial charge is 0.399 e. The highest BCUT2D eigenvalue weighted by molar-refractivity contribution is 7.94. The van der Waals surface area contributed by atoms with E-state index >= 15 is 0 Å². The fourth-order valence-electron chi connectivity index (χ4n) is 1.48. The lowest BCUT2D eigenvalue weighted by atomic mass is 10.1. The Hall–Kier alpha value is -0.780. The van der Waals surface area contributed by atoms with Crippen molar-refractivity contribution in [2.75, 3.05) is 11.5 Å². The molecule has 6 heteroatoms. The van der Waals surface area contributed by atoms with E-state index in [1.807, 2.05) is 0 Å². The maximum atomic E-state index is 11.8. The van der Waals surface area contributed by atoms with E-state index in [4.69, 9.17) is 17.3 Å². The maximum Gasteiger partial charge on any atom is 0.172 e. The number of alkyl halides is 1. The number of hydrogen-bond donors (Lipinski definition) is 2. The lowest BCUT2D eigenvalue weighted by Crippen LogP contribution is -2.37. The van der Waals surface area contributed by atoms with Gasteiger partial charge in [0, 0.05) is 11.4 Å². The summed E-state index contributed by atoms with van der Waals surface area (Å²) in [7, 11) is -3.58. The number of hydrogen-bond acceptors (Lipinski definition) is 4. The molecule has 0 amide bonds. The summed E-state index contributed by atoms with van der Waals surface area (Å²) in [5.74, 6) is -0.133. The second-order valence-corrected chi connectivity index (χ2v) is 7.63. The normalized spacial score (nSPS) is 17.4. The monoisotopic (exact) mass is 277 g/mol. The van der Waals surface area contributed by atoms with Crippen LogP contribution in [0.25, 0.3) is 0 Å². The third-order valence-corrected chi connectivity index (χ3v) is 5.81. The van der Waals surface area contributed by atoms with Crippen molar-refractivity contribution in [2.45, 2.75) is 24.2 Å². The van der Waals surface area contributed by atoms with Crippen LogP contribution in [-0.4, -0.2) is 23.5 Å². The zero-order valence-electron chi connectivity index (χ0n) is 9.72. The molecule has 1 aromatic rings. The Kier molecular flexibility index (Phi) is 4.06. The van der Waals surface area contributed by atoms with E-state index < -0.39 is 20.1 Å². The van der Waals surface area contributed by atoms with E-state index in [2.05, 4.69) is 0 Å². The highest BCUT2D eigenvalue weighted by atomic mass is 35.5. The standard InChI is InChI=1S/C11H16ClNO3S/c1-3-17(15,16)11(2,12)10(14)8-5-4-6-9(13)7-8/h4-7,10,14H,3,13H2,1-2H3. The minimum Gasteiger partial charge on any atom is -0.399 e. The average Bonchev–Trinajstić information content (AvgIpc) is 2.27. The Balaban J connectivity index is 3.17. The fraction of sp³-hybridized carbons (Fsp3) is 0.455. The van der Waals surface area contributed by atoms with Gasteiger partial charge in [-0.15, -0.1) is 0 Å². The molecule has 0 aromatic heterocycles. The number of halogens is 1. The molecule has 0 saturated carbocycles. The summed E-state index contributed by atoms with van der Waals surface area (Å²) in [5.41, 5.74) is 6.41. The Labute approximate surface area is 106 Å². The van der Waals surface area contributed by atoms with Gasteiger partial charge in [0.1, 0.15) is 6.10 Å². The summed E-state index contributed by atoms with van der Waals surface area (Å²) in [4.78, 5) is 0. The van der Waals surface area contributed by atoms with Gasteiger partial charge in [0.25, 0.3) is 0 Å². The van der Waals surface area contributed by atoms with E-state index in [1.54, 1.807) is 18.2 Å². The molecule has 1 aromatic carbocycles. The molecule has 0 bridgehead atoms. The van der Waals surface area contributed by atoms with Crippen LogP contribution in [0.2, 0.25) is 0 Å². The van der Waals surface area contributed by atoms with Crippen LogP contribution < -0.4 is 5.73 Å². The van der Waals surface area contributed by atoms with Crippen molar-refractivity contribution in [3.05, 3.63) is 29.8 Å². The first-order valence-electron chi connectivity index (χ1n) is 5.17. The summed E-state index contributed by atoms with van der Waals surface area (Å²) in [6.45, 7) is 2.78. The van der Waals surface area contributed by atoms with Crippen molar-refractivity contribution in [1.29, 1.82) is 0 Å². The molecule has 4 nitrogen and oxygen atoms in total. The van der Waals surface area contributed by atoms with Gasteiger partial charge in [-0.05, 0) is 24.6 Å². The number of sulfone groups is 1. The topological polar surface area (TPSA) is 80.4 Å². The van der Waals surface area contributed by atoms with Crippen LogP contribution in [-0.2, 0) is 9.84 Å². The smallest absolute Gasteiger partial charge is 0.172 e. The number of aliphatic hydroxyl groups excluding tert-OH is 1. The quantitative estimate of drug-likeness (QED) is 0.648. The van der Waals surface area contributed by atoms with Gasteiger partial charge in [0.05, 0.1) is 0 Å². The fourth-order valence-corrected chi connectivity index (χ4v) is 2.97. The van der Waals surface area contributed by atoms with Crippen molar-refractivity contribution in [2.24, 2.45) is 0 Å². The van der Waals surface area contributed by atoms with Gasteiger partial charge in [-0.25, -0.2) is 8.42 Å². The lowest BCUT2D eigenvalue weighted by molar-refractivity contribution is 0.162. The molecule has 2 atom stereocenters. The number of aliphatic hydroxyl groups is 1. The van der Waals surface area contributed by atoms with E-state index in [9.17, 15) is 13.5 Å². The number of anilines is 1. The molecular weight excluding hydrogens is 262 g/mol. The molecule has 0 aliphatic rings. The van der Waals surface area contributed by atoms with Crippen LogP contribution in [0.5, 0.6) is 0 Å². The first kappa shape index (κ1) is 14.3. The SMILES string of the molecule is CCS(=O)(=O)C(C)(Cl)C(O)c1cccc(N)c1. The zero-order valence-corrected chi connectivity index (χ0v) is 11.3. The van der Waals surface area contributed by atoms with Crippen LogP contribution in [0.15, 0.2) is 24.3 Å². The summed E-state index contributed by atoms with van der Waals surface area (Å²) in [5, 5.41) is 10.1. The molecule has 0 heterocycles.